The van der Waals surface area contributed by atoms with Gasteiger partial charge in [-0.15, -0.1) is 0 Å². The van der Waals surface area contributed by atoms with E-state index in [1.54, 1.807) is 12.9 Å². The number of carbonyl (C=O) groups is 1. The van der Waals surface area contributed by atoms with Crippen molar-refractivity contribution in [3.63, 3.8) is 0 Å². The van der Waals surface area contributed by atoms with Crippen molar-refractivity contribution in [2.75, 3.05) is 0 Å². The Labute approximate surface area is 67.3 Å². The van der Waals surface area contributed by atoms with Gasteiger partial charge in [0.1, 0.15) is 5.94 Å². The summed E-state index contributed by atoms with van der Waals surface area (Å²) in [5, 5.41) is 0. The lowest BCUT2D eigenvalue weighted by atomic mass is 10.00. The molecule has 0 aliphatic carbocycles. The lowest BCUT2D eigenvalue weighted by molar-refractivity contribution is -0.115. The number of Topliss-reactive ketones (excluding diaryl/α,β-unsaturated/α-hetero) is 1. The summed E-state index contributed by atoms with van der Waals surface area (Å²) in [6.45, 7) is 5.70. The van der Waals surface area contributed by atoms with E-state index in [0.29, 0.717) is 24.3 Å². The van der Waals surface area contributed by atoms with Gasteiger partial charge < -0.3 is 0 Å². The summed E-state index contributed by atoms with van der Waals surface area (Å²) in [6, 6.07) is 0. The second kappa shape index (κ2) is 4.86. The first-order valence-electron chi connectivity index (χ1n) is 3.89. The normalized spacial score (nSPS) is 9.45. The highest BCUT2D eigenvalue weighted by atomic mass is 16.1. The average Bonchev–Trinajstić information content (AvgIpc) is 1.98. The SMILES string of the molecule is CCC(=O)C(=C=O)CC(C)C. The van der Waals surface area contributed by atoms with E-state index >= 15 is 0 Å². The van der Waals surface area contributed by atoms with E-state index in [1.807, 2.05) is 13.8 Å². The van der Waals surface area contributed by atoms with Crippen LogP contribution in [0.5, 0.6) is 0 Å². The third-order valence-electron chi connectivity index (χ3n) is 1.39. The average molecular weight is 154 g/mol. The van der Waals surface area contributed by atoms with Crippen LogP contribution in [0, 0.1) is 5.92 Å². The van der Waals surface area contributed by atoms with Crippen molar-refractivity contribution in [3.8, 4) is 0 Å². The second-order valence-electron chi connectivity index (χ2n) is 2.96. The van der Waals surface area contributed by atoms with E-state index in [-0.39, 0.29) is 5.78 Å². The Morgan fingerprint density at radius 1 is 1.45 bits per heavy atom. The van der Waals surface area contributed by atoms with E-state index in [0.717, 1.165) is 0 Å². The zero-order valence-electron chi connectivity index (χ0n) is 7.31. The molecular formula is C9H14O2. The second-order valence-corrected chi connectivity index (χ2v) is 2.96. The summed E-state index contributed by atoms with van der Waals surface area (Å²) in [7, 11) is 0. The molecule has 0 rings (SSSR count). The Hall–Kier alpha value is -0.880. The molecule has 0 saturated heterocycles. The minimum Gasteiger partial charge on any atom is -0.294 e. The van der Waals surface area contributed by atoms with Crippen LogP contribution in [0.25, 0.3) is 0 Å². The summed E-state index contributed by atoms with van der Waals surface area (Å²) in [5.74, 6) is 1.97. The number of rotatable bonds is 4. The molecular weight excluding hydrogens is 140 g/mol. The highest BCUT2D eigenvalue weighted by Crippen LogP contribution is 2.09. The van der Waals surface area contributed by atoms with Crippen LogP contribution in [-0.2, 0) is 9.59 Å². The fourth-order valence-electron chi connectivity index (χ4n) is 0.834. The largest absolute Gasteiger partial charge is 0.294 e. The molecule has 0 unspecified atom stereocenters. The van der Waals surface area contributed by atoms with Gasteiger partial charge in [0.15, 0.2) is 5.78 Å². The molecule has 0 atom stereocenters. The van der Waals surface area contributed by atoms with Crippen LogP contribution in [0.1, 0.15) is 33.6 Å². The summed E-state index contributed by atoms with van der Waals surface area (Å²) in [5.41, 5.74) is 0.308. The van der Waals surface area contributed by atoms with Crippen LogP contribution in [0.4, 0.5) is 0 Å². The first-order valence-corrected chi connectivity index (χ1v) is 3.89. The van der Waals surface area contributed by atoms with Crippen LogP contribution >= 0.6 is 0 Å². The number of allylic oxidation sites excluding steroid dienone is 1. The van der Waals surface area contributed by atoms with E-state index in [9.17, 15) is 9.59 Å². The number of ketones is 1. The molecule has 0 aliphatic heterocycles. The number of hydrogen-bond donors (Lipinski definition) is 0. The molecule has 0 heterocycles. The Kier molecular flexibility index (Phi) is 4.47. The van der Waals surface area contributed by atoms with Gasteiger partial charge >= 0.3 is 0 Å². The molecule has 2 nitrogen and oxygen atoms in total. The zero-order chi connectivity index (χ0) is 8.85. The highest BCUT2D eigenvalue weighted by Gasteiger charge is 2.09. The minimum atomic E-state index is -0.0753. The summed E-state index contributed by atoms with van der Waals surface area (Å²) < 4.78 is 0. The van der Waals surface area contributed by atoms with Gasteiger partial charge in [0, 0.05) is 6.42 Å². The third kappa shape index (κ3) is 3.74. The zero-order valence-corrected chi connectivity index (χ0v) is 7.31. The quantitative estimate of drug-likeness (QED) is 0.457. The predicted octanol–water partition coefficient (Wildman–Crippen LogP) is 1.77. The summed E-state index contributed by atoms with van der Waals surface area (Å²) >= 11 is 0. The van der Waals surface area contributed by atoms with Gasteiger partial charge in [0.25, 0.3) is 0 Å². The van der Waals surface area contributed by atoms with Crippen LogP contribution in [0.15, 0.2) is 5.57 Å². The van der Waals surface area contributed by atoms with Gasteiger partial charge in [0.05, 0.1) is 5.57 Å². The van der Waals surface area contributed by atoms with E-state index in [1.165, 1.54) is 0 Å². The third-order valence-corrected chi connectivity index (χ3v) is 1.39. The minimum absolute atomic E-state index is 0.0753. The highest BCUT2D eigenvalue weighted by molar-refractivity contribution is 6.01. The Morgan fingerprint density at radius 2 is 2.00 bits per heavy atom. The van der Waals surface area contributed by atoms with Crippen LogP contribution in [0.3, 0.4) is 0 Å². The van der Waals surface area contributed by atoms with Crippen molar-refractivity contribution in [1.29, 1.82) is 0 Å². The molecule has 0 radical (unpaired) electrons. The van der Waals surface area contributed by atoms with Crippen molar-refractivity contribution in [1.82, 2.24) is 0 Å². The molecule has 0 bridgehead atoms. The topological polar surface area (TPSA) is 34.1 Å². The van der Waals surface area contributed by atoms with Gasteiger partial charge in [-0.1, -0.05) is 20.8 Å². The standard InChI is InChI=1S/C9H14O2/c1-4-9(11)8(6-10)5-7(2)3/h7H,4-5H2,1-3H3. The molecule has 11 heavy (non-hydrogen) atoms. The van der Waals surface area contributed by atoms with Gasteiger partial charge in [-0.3, -0.25) is 4.79 Å². The molecule has 0 N–H and O–H groups in total. The van der Waals surface area contributed by atoms with Crippen LogP contribution in [-0.4, -0.2) is 11.7 Å². The fraction of sp³-hybridized carbons (Fsp3) is 0.667. The Morgan fingerprint density at radius 3 is 2.27 bits per heavy atom. The van der Waals surface area contributed by atoms with Crippen molar-refractivity contribution in [3.05, 3.63) is 5.57 Å². The van der Waals surface area contributed by atoms with Gasteiger partial charge in [0.2, 0.25) is 0 Å². The lowest BCUT2D eigenvalue weighted by Crippen LogP contribution is -2.04. The van der Waals surface area contributed by atoms with E-state index in [4.69, 9.17) is 0 Å². The molecule has 0 fully saturated rings. The van der Waals surface area contributed by atoms with Gasteiger partial charge in [-0.2, -0.15) is 0 Å². The first-order chi connectivity index (χ1) is 5.11. The molecule has 0 saturated carbocycles. The fourth-order valence-corrected chi connectivity index (χ4v) is 0.834. The number of carbonyl (C=O) groups excluding carboxylic acids is 2. The van der Waals surface area contributed by atoms with Crippen molar-refractivity contribution >= 4 is 11.7 Å². The van der Waals surface area contributed by atoms with E-state index in [2.05, 4.69) is 0 Å². The predicted molar refractivity (Wildman–Crippen MR) is 44.0 cm³/mol. The first kappa shape index (κ1) is 10.1. The number of hydrogen-bond acceptors (Lipinski definition) is 2. The maximum atomic E-state index is 11.0. The molecule has 0 aromatic heterocycles. The molecule has 0 aromatic carbocycles. The van der Waals surface area contributed by atoms with Crippen molar-refractivity contribution in [2.45, 2.75) is 33.6 Å². The maximum Gasteiger partial charge on any atom is 0.169 e. The lowest BCUT2D eigenvalue weighted by Gasteiger charge is -2.02. The Bertz CT molecular complexity index is 186. The van der Waals surface area contributed by atoms with Gasteiger partial charge in [-0.05, 0) is 12.3 Å². The van der Waals surface area contributed by atoms with E-state index < -0.39 is 0 Å². The molecule has 0 aromatic rings. The summed E-state index contributed by atoms with van der Waals surface area (Å²) in [4.78, 5) is 21.2. The van der Waals surface area contributed by atoms with Crippen LogP contribution < -0.4 is 0 Å². The molecule has 0 amide bonds. The van der Waals surface area contributed by atoms with Crippen molar-refractivity contribution in [2.24, 2.45) is 5.92 Å². The molecule has 0 aliphatic rings. The van der Waals surface area contributed by atoms with Crippen molar-refractivity contribution < 1.29 is 9.59 Å². The maximum absolute atomic E-state index is 11.0. The molecule has 2 heteroatoms. The monoisotopic (exact) mass is 154 g/mol. The molecule has 0 spiro atoms. The summed E-state index contributed by atoms with van der Waals surface area (Å²) in [6.07, 6.45) is 0.952. The van der Waals surface area contributed by atoms with Gasteiger partial charge in [-0.25, -0.2) is 4.79 Å². The van der Waals surface area contributed by atoms with Crippen LogP contribution in [0.2, 0.25) is 0 Å². The smallest absolute Gasteiger partial charge is 0.169 e. The Balaban J connectivity index is 4.21. The molecule has 62 valence electrons.